The third-order valence-corrected chi connectivity index (χ3v) is 4.27. The normalized spacial score (nSPS) is 13.1. The number of benzene rings is 2. The molecule has 1 aliphatic rings. The Bertz CT molecular complexity index is 936. The van der Waals surface area contributed by atoms with Crippen molar-refractivity contribution < 1.29 is 27.2 Å². The van der Waals surface area contributed by atoms with Gasteiger partial charge in [0.1, 0.15) is 0 Å². The molecule has 0 radical (unpaired) electrons. The van der Waals surface area contributed by atoms with Crippen molar-refractivity contribution in [2.75, 3.05) is 10.6 Å². The summed E-state index contributed by atoms with van der Waals surface area (Å²) >= 11 is 0. The molecule has 3 rings (SSSR count). The van der Waals surface area contributed by atoms with Crippen LogP contribution in [0.4, 0.5) is 28.9 Å². The lowest BCUT2D eigenvalue weighted by Gasteiger charge is -2.26. The van der Waals surface area contributed by atoms with Gasteiger partial charge in [-0.1, -0.05) is 0 Å². The molecule has 0 unspecified atom stereocenters. The van der Waals surface area contributed by atoms with E-state index in [4.69, 9.17) is 0 Å². The van der Waals surface area contributed by atoms with Crippen molar-refractivity contribution in [2.45, 2.75) is 39.8 Å². The number of rotatable bonds is 4. The zero-order chi connectivity index (χ0) is 20.9. The van der Waals surface area contributed by atoms with Gasteiger partial charge in [0.05, 0.1) is 22.3 Å². The minimum atomic E-state index is -2.13. The van der Waals surface area contributed by atoms with Crippen LogP contribution in [0.15, 0.2) is 12.1 Å². The van der Waals surface area contributed by atoms with Crippen molar-refractivity contribution in [3.05, 3.63) is 57.7 Å². The first kappa shape index (κ1) is 19.9. The van der Waals surface area contributed by atoms with Gasteiger partial charge in [-0.2, -0.15) is 0 Å². The van der Waals surface area contributed by atoms with Gasteiger partial charge in [0.2, 0.25) is 0 Å². The fraction of sp³-hybridized carbons (Fsp3) is 0.300. The molecule has 2 aromatic carbocycles. The lowest BCUT2D eigenvalue weighted by atomic mass is 9.81. The molecule has 148 valence electrons. The summed E-state index contributed by atoms with van der Waals surface area (Å²) in [5.41, 5.74) is -2.17. The minimum absolute atomic E-state index is 0.149. The molecular weight excluding hydrogens is 376 g/mol. The predicted octanol–water partition coefficient (Wildman–Crippen LogP) is 4.66. The third kappa shape index (κ3) is 2.93. The highest BCUT2D eigenvalue weighted by Crippen LogP contribution is 2.40. The molecule has 0 saturated heterocycles. The highest BCUT2D eigenvalue weighted by Gasteiger charge is 2.41. The van der Waals surface area contributed by atoms with Crippen molar-refractivity contribution in [1.29, 1.82) is 0 Å². The fourth-order valence-corrected chi connectivity index (χ4v) is 3.25. The van der Waals surface area contributed by atoms with Crippen molar-refractivity contribution in [3.8, 4) is 0 Å². The number of fused-ring (bicyclic) bond motifs is 2. The Balaban J connectivity index is 2.39. The number of carbonyl (C=O) groups is 2. The summed E-state index contributed by atoms with van der Waals surface area (Å²) in [6.07, 6.45) is 0. The van der Waals surface area contributed by atoms with Gasteiger partial charge in [0, 0.05) is 23.5 Å². The van der Waals surface area contributed by atoms with Gasteiger partial charge < -0.3 is 10.6 Å². The molecule has 0 bridgehead atoms. The number of hydrogen-bond donors (Lipinski definition) is 2. The average Bonchev–Trinajstić information content (AvgIpc) is 2.61. The van der Waals surface area contributed by atoms with Crippen LogP contribution in [-0.2, 0) is 0 Å². The second kappa shape index (κ2) is 6.92. The molecule has 0 fully saturated rings. The summed E-state index contributed by atoms with van der Waals surface area (Å²) in [6.45, 7) is 7.13. The van der Waals surface area contributed by atoms with Crippen LogP contribution in [-0.4, -0.2) is 23.7 Å². The summed E-state index contributed by atoms with van der Waals surface area (Å²) in [5.74, 6) is -10.2. The molecule has 0 aromatic heterocycles. The lowest BCUT2D eigenvalue weighted by Crippen LogP contribution is -2.29. The molecular formula is C20H18F4N2O2. The molecule has 0 heterocycles. The van der Waals surface area contributed by atoms with Crippen molar-refractivity contribution in [2.24, 2.45) is 0 Å². The van der Waals surface area contributed by atoms with Crippen LogP contribution in [0.25, 0.3) is 0 Å². The molecule has 0 amide bonds. The van der Waals surface area contributed by atoms with Gasteiger partial charge in [-0.15, -0.1) is 0 Å². The van der Waals surface area contributed by atoms with E-state index < -0.39 is 46.0 Å². The summed E-state index contributed by atoms with van der Waals surface area (Å²) in [7, 11) is 0. The van der Waals surface area contributed by atoms with Crippen LogP contribution in [0.5, 0.6) is 0 Å². The van der Waals surface area contributed by atoms with Crippen LogP contribution >= 0.6 is 0 Å². The first-order valence-electron chi connectivity index (χ1n) is 8.71. The van der Waals surface area contributed by atoms with Crippen LogP contribution in [0.2, 0.25) is 0 Å². The summed E-state index contributed by atoms with van der Waals surface area (Å²) in [6, 6.07) is 2.74. The Morgan fingerprint density at radius 1 is 0.607 bits per heavy atom. The van der Waals surface area contributed by atoms with Crippen LogP contribution in [0.3, 0.4) is 0 Å². The topological polar surface area (TPSA) is 58.2 Å². The van der Waals surface area contributed by atoms with Crippen LogP contribution in [0.1, 0.15) is 59.5 Å². The van der Waals surface area contributed by atoms with E-state index in [1.165, 1.54) is 12.1 Å². The number of halogens is 4. The average molecular weight is 394 g/mol. The molecule has 8 heteroatoms. The van der Waals surface area contributed by atoms with Gasteiger partial charge in [-0.3, -0.25) is 9.59 Å². The second-order valence-electron chi connectivity index (χ2n) is 7.17. The maximum absolute atomic E-state index is 14.4. The van der Waals surface area contributed by atoms with Gasteiger partial charge in [0.15, 0.2) is 34.8 Å². The monoisotopic (exact) mass is 394 g/mol. The smallest absolute Gasteiger partial charge is 0.199 e. The van der Waals surface area contributed by atoms with Crippen molar-refractivity contribution in [3.63, 3.8) is 0 Å². The van der Waals surface area contributed by atoms with Gasteiger partial charge >= 0.3 is 0 Å². The third-order valence-electron chi connectivity index (χ3n) is 4.27. The van der Waals surface area contributed by atoms with E-state index in [1.807, 2.05) is 0 Å². The number of nitrogens with one attached hydrogen (secondary N) is 2. The van der Waals surface area contributed by atoms with E-state index in [0.717, 1.165) is 0 Å². The molecule has 2 N–H and O–H groups in total. The Hall–Kier alpha value is -2.90. The van der Waals surface area contributed by atoms with Crippen LogP contribution in [0, 0.1) is 23.3 Å². The summed E-state index contributed by atoms with van der Waals surface area (Å²) in [5, 5.41) is 5.94. The minimum Gasteiger partial charge on any atom is -0.382 e. The maximum Gasteiger partial charge on any atom is 0.199 e. The SMILES string of the molecule is CC(C)Nc1ccc(NC(C)C)c2c1C(=O)c1c(F)c(F)c(F)c(F)c1C2=O. The largest absolute Gasteiger partial charge is 0.382 e. The predicted molar refractivity (Wildman–Crippen MR) is 97.1 cm³/mol. The standard InChI is InChI=1S/C20H18F4N2O2/c1-7(2)25-9-5-6-10(26-8(3)4)12-11(9)19(27)13-14(20(12)28)16(22)18(24)17(23)15(13)21/h5-8,25-26H,1-4H3. The van der Waals surface area contributed by atoms with E-state index in [-0.39, 0.29) is 34.6 Å². The fourth-order valence-electron chi connectivity index (χ4n) is 3.25. The Labute approximate surface area is 158 Å². The zero-order valence-electron chi connectivity index (χ0n) is 15.6. The molecule has 1 aliphatic carbocycles. The van der Waals surface area contributed by atoms with E-state index in [9.17, 15) is 27.2 Å². The van der Waals surface area contributed by atoms with Crippen LogP contribution < -0.4 is 10.6 Å². The number of hydrogen-bond acceptors (Lipinski definition) is 4. The molecule has 0 spiro atoms. The Morgan fingerprint density at radius 3 is 1.21 bits per heavy atom. The summed E-state index contributed by atoms with van der Waals surface area (Å²) in [4.78, 5) is 26.0. The second-order valence-corrected chi connectivity index (χ2v) is 7.17. The lowest BCUT2D eigenvalue weighted by molar-refractivity contribution is 0.0970. The zero-order valence-corrected chi connectivity index (χ0v) is 15.6. The van der Waals surface area contributed by atoms with Gasteiger partial charge in [-0.05, 0) is 39.8 Å². The molecule has 2 aromatic rings. The highest BCUT2D eigenvalue weighted by molar-refractivity contribution is 6.32. The first-order valence-corrected chi connectivity index (χ1v) is 8.71. The van der Waals surface area contributed by atoms with E-state index in [0.29, 0.717) is 0 Å². The number of anilines is 2. The van der Waals surface area contributed by atoms with Crippen molar-refractivity contribution >= 4 is 22.9 Å². The van der Waals surface area contributed by atoms with Gasteiger partial charge in [-0.25, -0.2) is 17.6 Å². The maximum atomic E-state index is 14.4. The van der Waals surface area contributed by atoms with E-state index in [2.05, 4.69) is 10.6 Å². The highest BCUT2D eigenvalue weighted by atomic mass is 19.2. The molecule has 0 saturated carbocycles. The molecule has 28 heavy (non-hydrogen) atoms. The first-order chi connectivity index (χ1) is 13.1. The Morgan fingerprint density at radius 2 is 0.929 bits per heavy atom. The molecule has 0 aliphatic heterocycles. The molecule has 0 atom stereocenters. The quantitative estimate of drug-likeness (QED) is 0.384. The van der Waals surface area contributed by atoms with E-state index in [1.54, 1.807) is 27.7 Å². The number of carbonyl (C=O) groups excluding carboxylic acids is 2. The number of ketones is 2. The van der Waals surface area contributed by atoms with Gasteiger partial charge in [0.25, 0.3) is 0 Å². The van der Waals surface area contributed by atoms with E-state index >= 15 is 0 Å². The summed E-state index contributed by atoms with van der Waals surface area (Å²) < 4.78 is 56.2. The van der Waals surface area contributed by atoms with Crippen molar-refractivity contribution in [1.82, 2.24) is 0 Å². The Kier molecular flexibility index (Phi) is 4.91. The molecule has 4 nitrogen and oxygen atoms in total.